The third kappa shape index (κ3) is 5.83. The summed E-state index contributed by atoms with van der Waals surface area (Å²) in [5, 5.41) is 23.3. The second-order valence-electron chi connectivity index (χ2n) is 11.0. The fourth-order valence-electron chi connectivity index (χ4n) is 5.86. The smallest absolute Gasteiger partial charge is 0.477 e. The predicted molar refractivity (Wildman–Crippen MR) is 159 cm³/mol. The van der Waals surface area contributed by atoms with Gasteiger partial charge in [0.1, 0.15) is 17.1 Å². The van der Waals surface area contributed by atoms with Crippen LogP contribution < -0.4 is 16.9 Å². The molecule has 48 heavy (non-hydrogen) atoms. The number of anilines is 1. The molecule has 4 atom stereocenters. The minimum Gasteiger partial charge on any atom is -0.477 e. The van der Waals surface area contributed by atoms with Gasteiger partial charge in [-0.15, -0.1) is 0 Å². The summed E-state index contributed by atoms with van der Waals surface area (Å²) in [7, 11) is -1.91. The van der Waals surface area contributed by atoms with E-state index in [0.29, 0.717) is 13.0 Å². The van der Waals surface area contributed by atoms with E-state index >= 15 is 0 Å². The average molecular weight is 707 g/mol. The lowest BCUT2D eigenvalue weighted by atomic mass is 10.0. The standard InChI is InChI=1S/C26H26N8O12S2/c1-10-14(46-26(41)45-10)8-44-25(40)32-4-3-13(7-32)33-5-2-11(20(33)36)6-12-9-48(43)22-16(21(37)34(22)17(12)23(38)39)28-19(35)15(30-42)18-29-24(27)47-31-18/h6,13,16,22,42H,2-5,7-9H2,1H3,(H,28,35)(H,38,39)(H2,27,29,31)/b11-6?,30-15-/t13-,16-,22-,48+/m1/s1. The number of nitrogens with zero attached hydrogens (tertiary/aromatic N) is 6. The summed E-state index contributed by atoms with van der Waals surface area (Å²) < 4.78 is 31.9. The topological polar surface area (TPSA) is 281 Å². The van der Waals surface area contributed by atoms with Crippen LogP contribution >= 0.6 is 11.5 Å². The molecule has 0 aliphatic carbocycles. The zero-order chi connectivity index (χ0) is 34.4. The van der Waals surface area contributed by atoms with E-state index in [0.717, 1.165) is 16.4 Å². The van der Waals surface area contributed by atoms with Crippen molar-refractivity contribution in [3.05, 3.63) is 50.9 Å². The molecule has 0 spiro atoms. The van der Waals surface area contributed by atoms with Crippen molar-refractivity contribution < 1.29 is 52.1 Å². The number of carbonyl (C=O) groups excluding carboxylic acids is 4. The molecule has 4 aliphatic rings. The number of oxime groups is 1. The van der Waals surface area contributed by atoms with E-state index < -0.39 is 69.2 Å². The molecule has 0 bridgehead atoms. The van der Waals surface area contributed by atoms with Gasteiger partial charge in [-0.2, -0.15) is 9.36 Å². The number of aryl methyl sites for hydroxylation is 1. The Hall–Kier alpha value is -5.38. The number of allylic oxidation sites excluding steroid dienone is 1. The highest BCUT2D eigenvalue weighted by Crippen LogP contribution is 2.37. The van der Waals surface area contributed by atoms with Gasteiger partial charge in [0.25, 0.3) is 11.8 Å². The number of aromatic nitrogens is 2. The van der Waals surface area contributed by atoms with E-state index in [1.807, 2.05) is 0 Å². The average Bonchev–Trinajstić information content (AvgIpc) is 3.83. The molecule has 0 aromatic carbocycles. The Balaban J connectivity index is 1.12. The van der Waals surface area contributed by atoms with Gasteiger partial charge in [-0.3, -0.25) is 23.5 Å². The zero-order valence-corrected chi connectivity index (χ0v) is 26.4. The lowest BCUT2D eigenvalue weighted by Gasteiger charge is -2.48. The minimum absolute atomic E-state index is 0.00187. The Kier molecular flexibility index (Phi) is 8.59. The molecular weight excluding hydrogens is 680 g/mol. The number of hydrogen-bond acceptors (Lipinski definition) is 16. The molecule has 3 saturated heterocycles. The fraction of sp³-hybridized carbons (Fsp3) is 0.423. The van der Waals surface area contributed by atoms with Crippen molar-refractivity contribution in [2.45, 2.75) is 43.8 Å². The molecule has 20 nitrogen and oxygen atoms in total. The summed E-state index contributed by atoms with van der Waals surface area (Å²) in [6.07, 6.45) is 1.34. The Labute approximate surface area is 275 Å². The molecule has 2 aromatic rings. The maximum Gasteiger partial charge on any atom is 0.519 e. The van der Waals surface area contributed by atoms with Crippen molar-refractivity contribution >= 4 is 63.0 Å². The Morgan fingerprint density at radius 1 is 1.25 bits per heavy atom. The summed E-state index contributed by atoms with van der Waals surface area (Å²) in [5.41, 5.74) is 4.61. The monoisotopic (exact) mass is 706 g/mol. The van der Waals surface area contributed by atoms with Crippen LogP contribution in [0.5, 0.6) is 0 Å². The molecule has 4 amide bonds. The van der Waals surface area contributed by atoms with E-state index in [-0.39, 0.29) is 71.5 Å². The first-order valence-electron chi connectivity index (χ1n) is 14.2. The number of nitrogens with one attached hydrogen (secondary N) is 1. The number of fused-ring (bicyclic) bond motifs is 1. The second kappa shape index (κ2) is 12.7. The Morgan fingerprint density at radius 3 is 2.67 bits per heavy atom. The number of carbonyl (C=O) groups is 5. The van der Waals surface area contributed by atoms with Crippen LogP contribution in [0.1, 0.15) is 30.2 Å². The lowest BCUT2D eigenvalue weighted by molar-refractivity contribution is -0.150. The van der Waals surface area contributed by atoms with Crippen molar-refractivity contribution in [1.29, 1.82) is 0 Å². The van der Waals surface area contributed by atoms with Crippen molar-refractivity contribution in [2.75, 3.05) is 31.1 Å². The predicted octanol–water partition coefficient (Wildman–Crippen LogP) is -1.52. The summed E-state index contributed by atoms with van der Waals surface area (Å²) in [6, 6.07) is -1.76. The van der Waals surface area contributed by atoms with Gasteiger partial charge in [0.15, 0.2) is 23.3 Å². The molecule has 5 N–H and O–H groups in total. The zero-order valence-electron chi connectivity index (χ0n) is 24.8. The van der Waals surface area contributed by atoms with Crippen molar-refractivity contribution in [2.24, 2.45) is 5.16 Å². The van der Waals surface area contributed by atoms with E-state index in [2.05, 4.69) is 19.8 Å². The molecule has 2 aromatic heterocycles. The number of aliphatic carboxylic acids is 1. The van der Waals surface area contributed by atoms with Crippen molar-refractivity contribution in [1.82, 2.24) is 29.4 Å². The van der Waals surface area contributed by atoms with E-state index in [1.165, 1.54) is 17.9 Å². The molecule has 22 heteroatoms. The van der Waals surface area contributed by atoms with Crippen LogP contribution in [0.2, 0.25) is 0 Å². The largest absolute Gasteiger partial charge is 0.519 e. The second-order valence-corrected chi connectivity index (χ2v) is 13.3. The SMILES string of the molecule is Cc1oc(=O)oc1COC(=O)N1CC[C@@H](N2CCC(=CC3=C(C(=O)O)N4C(=O)[C@@H](NC(=O)/C(=N\O)c5nsc(N)n5)[C@H]4[S@@](=O)C3)C2=O)C1. The summed E-state index contributed by atoms with van der Waals surface area (Å²) >= 11 is 0.733. The molecule has 3 fully saturated rings. The highest BCUT2D eigenvalue weighted by atomic mass is 32.2. The van der Waals surface area contributed by atoms with Gasteiger partial charge < -0.3 is 44.7 Å². The van der Waals surface area contributed by atoms with Gasteiger partial charge in [-0.25, -0.2) is 14.4 Å². The van der Waals surface area contributed by atoms with Crippen LogP contribution in [0.4, 0.5) is 9.93 Å². The number of ether oxygens (including phenoxy) is 1. The molecule has 0 radical (unpaired) electrons. The third-order valence-electron chi connectivity index (χ3n) is 8.14. The van der Waals surface area contributed by atoms with Crippen LogP contribution in [-0.2, 0) is 41.3 Å². The number of nitrogens with two attached hydrogens (primary N) is 1. The van der Waals surface area contributed by atoms with Crippen LogP contribution in [0.3, 0.4) is 0 Å². The molecule has 254 valence electrons. The van der Waals surface area contributed by atoms with Gasteiger partial charge in [-0.1, -0.05) is 5.16 Å². The number of β-lactam (4-membered cyclic amide) rings is 1. The first kappa shape index (κ1) is 32.6. The van der Waals surface area contributed by atoms with Crippen molar-refractivity contribution in [3.63, 3.8) is 0 Å². The number of rotatable bonds is 8. The molecule has 6 rings (SSSR count). The minimum atomic E-state index is -1.91. The number of amides is 4. The van der Waals surface area contributed by atoms with Gasteiger partial charge >= 0.3 is 17.9 Å². The fourth-order valence-corrected chi connectivity index (χ4v) is 7.93. The first-order valence-corrected chi connectivity index (χ1v) is 16.3. The highest BCUT2D eigenvalue weighted by Gasteiger charge is 2.57. The maximum absolute atomic E-state index is 13.4. The van der Waals surface area contributed by atoms with E-state index in [4.69, 9.17) is 19.3 Å². The number of hydrogen-bond donors (Lipinski definition) is 4. The Bertz CT molecular complexity index is 1910. The van der Waals surface area contributed by atoms with Gasteiger partial charge in [0, 0.05) is 36.7 Å². The summed E-state index contributed by atoms with van der Waals surface area (Å²) in [4.78, 5) is 82.9. The van der Waals surface area contributed by atoms with Crippen LogP contribution in [0.15, 0.2) is 41.7 Å². The molecule has 4 aliphatic heterocycles. The first-order chi connectivity index (χ1) is 22.9. The number of nitrogen functional groups attached to an aromatic ring is 1. The van der Waals surface area contributed by atoms with E-state index in [1.54, 1.807) is 4.90 Å². The summed E-state index contributed by atoms with van der Waals surface area (Å²) in [6.45, 7) is 1.94. The highest BCUT2D eigenvalue weighted by molar-refractivity contribution is 7.86. The Morgan fingerprint density at radius 2 is 2.02 bits per heavy atom. The van der Waals surface area contributed by atoms with Gasteiger partial charge in [-0.05, 0) is 31.4 Å². The quantitative estimate of drug-likeness (QED) is 0.0797. The van der Waals surface area contributed by atoms with Crippen molar-refractivity contribution in [3.8, 4) is 0 Å². The van der Waals surface area contributed by atoms with Gasteiger partial charge in [0.2, 0.25) is 17.4 Å². The van der Waals surface area contributed by atoms with E-state index in [9.17, 15) is 43.3 Å². The maximum atomic E-state index is 13.4. The normalized spacial score (nSPS) is 25.1. The third-order valence-corrected chi connectivity index (χ3v) is 10.3. The van der Waals surface area contributed by atoms with Gasteiger partial charge in [0.05, 0.1) is 22.6 Å². The lowest BCUT2D eigenvalue weighted by Crippen LogP contribution is -2.74. The molecular formula is C26H26N8O12S2. The van der Waals surface area contributed by atoms with Crippen LogP contribution in [-0.4, -0.2) is 117 Å². The molecule has 0 saturated carbocycles. The molecule has 0 unspecified atom stereocenters. The summed E-state index contributed by atoms with van der Waals surface area (Å²) in [5.74, 6) is -5.12. The van der Waals surface area contributed by atoms with Crippen LogP contribution in [0.25, 0.3) is 0 Å². The number of carboxylic acid groups (broad SMARTS) is 1. The van der Waals surface area contributed by atoms with Crippen LogP contribution in [0, 0.1) is 6.92 Å². The number of carboxylic acids is 1. The number of likely N-dealkylation sites (tertiary alicyclic amines) is 2. The molecule has 6 heterocycles.